The molecule has 1 aromatic heterocycles. The Morgan fingerprint density at radius 2 is 1.91 bits per heavy atom. The van der Waals surface area contributed by atoms with Crippen LogP contribution in [0.4, 0.5) is 0 Å². The molecule has 1 N–H and O–H groups in total. The smallest absolute Gasteiger partial charge is 0.349 e. The second-order valence-electron chi connectivity index (χ2n) is 7.56. The molecule has 0 spiro atoms. The third-order valence-electron chi connectivity index (χ3n) is 5.14. The van der Waals surface area contributed by atoms with E-state index in [1.807, 2.05) is 56.3 Å². The normalized spacial score (nSPS) is 11.9. The van der Waals surface area contributed by atoms with Crippen molar-refractivity contribution in [1.29, 1.82) is 5.26 Å². The summed E-state index contributed by atoms with van der Waals surface area (Å²) in [6.45, 7) is 6.16. The SMILES string of the molecule is CCCn1c(C)cc(/C=C(\C#N)C(=O)OCC(=O)NC(Cc2ccccc2)C(=O)OC)c1C. The Labute approximate surface area is 193 Å². The van der Waals surface area contributed by atoms with Gasteiger partial charge in [-0.1, -0.05) is 37.3 Å². The predicted molar refractivity (Wildman–Crippen MR) is 123 cm³/mol. The Kier molecular flexibility index (Phi) is 9.43. The van der Waals surface area contributed by atoms with Crippen molar-refractivity contribution in [2.75, 3.05) is 13.7 Å². The average Bonchev–Trinajstić information content (AvgIpc) is 3.08. The van der Waals surface area contributed by atoms with Crippen LogP contribution in [-0.2, 0) is 36.8 Å². The van der Waals surface area contributed by atoms with Crippen LogP contribution in [0, 0.1) is 25.2 Å². The fourth-order valence-electron chi connectivity index (χ4n) is 3.46. The Balaban J connectivity index is 2.03. The van der Waals surface area contributed by atoms with Crippen LogP contribution in [0.25, 0.3) is 6.08 Å². The first-order chi connectivity index (χ1) is 15.8. The molecule has 0 aliphatic heterocycles. The maximum Gasteiger partial charge on any atom is 0.349 e. The number of aromatic nitrogens is 1. The van der Waals surface area contributed by atoms with Crippen LogP contribution < -0.4 is 5.32 Å². The van der Waals surface area contributed by atoms with Crippen LogP contribution in [0.1, 0.15) is 35.9 Å². The molecule has 0 aliphatic rings. The Hall–Kier alpha value is -3.86. The van der Waals surface area contributed by atoms with Crippen LogP contribution in [0.2, 0.25) is 0 Å². The fraction of sp³-hybridized carbons (Fsp3) is 0.360. The summed E-state index contributed by atoms with van der Waals surface area (Å²) in [5.74, 6) is -2.20. The number of carbonyl (C=O) groups excluding carboxylic acids is 3. The zero-order valence-corrected chi connectivity index (χ0v) is 19.4. The summed E-state index contributed by atoms with van der Waals surface area (Å²) < 4.78 is 11.9. The van der Waals surface area contributed by atoms with E-state index in [1.54, 1.807) is 0 Å². The van der Waals surface area contributed by atoms with Gasteiger partial charge >= 0.3 is 11.9 Å². The molecule has 1 aromatic carbocycles. The van der Waals surface area contributed by atoms with Crippen LogP contribution in [0.3, 0.4) is 0 Å². The Morgan fingerprint density at radius 3 is 2.52 bits per heavy atom. The van der Waals surface area contributed by atoms with E-state index in [0.717, 1.165) is 35.5 Å². The second-order valence-corrected chi connectivity index (χ2v) is 7.56. The van der Waals surface area contributed by atoms with E-state index in [-0.39, 0.29) is 12.0 Å². The van der Waals surface area contributed by atoms with Gasteiger partial charge in [-0.05, 0) is 43.5 Å². The van der Waals surface area contributed by atoms with Crippen LogP contribution in [-0.4, -0.2) is 42.2 Å². The number of hydrogen-bond donors (Lipinski definition) is 1. The first kappa shape index (κ1) is 25.4. The number of methoxy groups -OCH3 is 1. The number of nitrogens with one attached hydrogen (secondary N) is 1. The summed E-state index contributed by atoms with van der Waals surface area (Å²) in [5, 5.41) is 11.9. The van der Waals surface area contributed by atoms with Gasteiger partial charge in [0.05, 0.1) is 7.11 Å². The second kappa shape index (κ2) is 12.2. The zero-order chi connectivity index (χ0) is 24.4. The van der Waals surface area contributed by atoms with Crippen molar-refractivity contribution in [2.24, 2.45) is 0 Å². The van der Waals surface area contributed by atoms with Gasteiger partial charge in [0.15, 0.2) is 6.61 Å². The van der Waals surface area contributed by atoms with E-state index in [9.17, 15) is 19.6 Å². The van der Waals surface area contributed by atoms with Crippen LogP contribution in [0.5, 0.6) is 0 Å². The van der Waals surface area contributed by atoms with Gasteiger partial charge in [0.25, 0.3) is 5.91 Å². The van der Waals surface area contributed by atoms with Crippen molar-refractivity contribution in [1.82, 2.24) is 9.88 Å². The van der Waals surface area contributed by atoms with E-state index in [2.05, 4.69) is 16.8 Å². The molecule has 174 valence electrons. The van der Waals surface area contributed by atoms with E-state index in [4.69, 9.17) is 9.47 Å². The standard InChI is InChI=1S/C25H29N3O5/c1-5-11-28-17(2)12-20(18(28)3)14-21(15-26)24(30)33-16-23(29)27-22(25(31)32-4)13-19-9-7-6-8-10-19/h6-10,12,14,22H,5,11,13,16H2,1-4H3,(H,27,29)/b21-14+. The molecule has 1 unspecified atom stereocenters. The van der Waals surface area contributed by atoms with Gasteiger partial charge in [-0.3, -0.25) is 4.79 Å². The molecule has 1 atom stereocenters. The third kappa shape index (κ3) is 7.07. The Morgan fingerprint density at radius 1 is 1.21 bits per heavy atom. The monoisotopic (exact) mass is 451 g/mol. The van der Waals surface area contributed by atoms with Gasteiger partial charge in [-0.15, -0.1) is 0 Å². The van der Waals surface area contributed by atoms with Crippen molar-refractivity contribution in [3.8, 4) is 6.07 Å². The highest BCUT2D eigenvalue weighted by Crippen LogP contribution is 2.19. The van der Waals surface area contributed by atoms with E-state index >= 15 is 0 Å². The highest BCUT2D eigenvalue weighted by molar-refractivity contribution is 5.99. The summed E-state index contributed by atoms with van der Waals surface area (Å²) in [6.07, 6.45) is 2.64. The minimum Gasteiger partial charge on any atom is -0.467 e. The number of benzene rings is 1. The highest BCUT2D eigenvalue weighted by atomic mass is 16.5. The fourth-order valence-corrected chi connectivity index (χ4v) is 3.46. The Bertz CT molecular complexity index is 1060. The maximum absolute atomic E-state index is 12.4. The molecule has 8 heteroatoms. The predicted octanol–water partition coefficient (Wildman–Crippen LogP) is 2.87. The maximum atomic E-state index is 12.4. The summed E-state index contributed by atoms with van der Waals surface area (Å²) in [6, 6.07) is 11.9. The van der Waals surface area contributed by atoms with Crippen molar-refractivity contribution >= 4 is 23.9 Å². The van der Waals surface area contributed by atoms with E-state index in [0.29, 0.717) is 0 Å². The highest BCUT2D eigenvalue weighted by Gasteiger charge is 2.23. The number of nitriles is 1. The third-order valence-corrected chi connectivity index (χ3v) is 5.14. The topological polar surface area (TPSA) is 110 Å². The number of amides is 1. The summed E-state index contributed by atoms with van der Waals surface area (Å²) in [5.41, 5.74) is 3.33. The quantitative estimate of drug-likeness (QED) is 0.338. The largest absolute Gasteiger partial charge is 0.467 e. The molecular formula is C25H29N3O5. The number of esters is 2. The van der Waals surface area contributed by atoms with Crippen LogP contribution in [0.15, 0.2) is 42.0 Å². The lowest BCUT2D eigenvalue weighted by Crippen LogP contribution is -2.44. The molecule has 2 rings (SSSR count). The molecule has 0 saturated carbocycles. The molecule has 0 bridgehead atoms. The first-order valence-corrected chi connectivity index (χ1v) is 10.7. The summed E-state index contributed by atoms with van der Waals surface area (Å²) in [7, 11) is 1.23. The molecule has 8 nitrogen and oxygen atoms in total. The number of nitrogens with zero attached hydrogens (tertiary/aromatic N) is 2. The molecule has 2 aromatic rings. The number of rotatable bonds is 10. The van der Waals surface area contributed by atoms with Crippen molar-refractivity contribution < 1.29 is 23.9 Å². The molecule has 33 heavy (non-hydrogen) atoms. The van der Waals surface area contributed by atoms with Gasteiger partial charge in [0.1, 0.15) is 17.7 Å². The lowest BCUT2D eigenvalue weighted by Gasteiger charge is -2.16. The number of hydrogen-bond acceptors (Lipinski definition) is 6. The lowest BCUT2D eigenvalue weighted by atomic mass is 10.1. The number of aryl methyl sites for hydroxylation is 1. The van der Waals surface area contributed by atoms with E-state index in [1.165, 1.54) is 13.2 Å². The summed E-state index contributed by atoms with van der Waals surface area (Å²) >= 11 is 0. The molecule has 1 heterocycles. The van der Waals surface area contributed by atoms with Gasteiger partial charge in [-0.2, -0.15) is 5.26 Å². The van der Waals surface area contributed by atoms with E-state index < -0.39 is 30.5 Å². The lowest BCUT2D eigenvalue weighted by molar-refractivity contribution is -0.147. The van der Waals surface area contributed by atoms with Crippen LogP contribution >= 0.6 is 0 Å². The van der Waals surface area contributed by atoms with Gasteiger partial charge < -0.3 is 19.4 Å². The van der Waals surface area contributed by atoms with Crippen molar-refractivity contribution in [2.45, 2.75) is 46.2 Å². The molecular weight excluding hydrogens is 422 g/mol. The van der Waals surface area contributed by atoms with Crippen molar-refractivity contribution in [3.63, 3.8) is 0 Å². The summed E-state index contributed by atoms with van der Waals surface area (Å²) in [4.78, 5) is 36.8. The van der Waals surface area contributed by atoms with Gasteiger partial charge in [-0.25, -0.2) is 9.59 Å². The average molecular weight is 452 g/mol. The minimum atomic E-state index is -0.932. The first-order valence-electron chi connectivity index (χ1n) is 10.7. The minimum absolute atomic E-state index is 0.214. The molecule has 0 radical (unpaired) electrons. The molecule has 0 fully saturated rings. The molecule has 0 aliphatic carbocycles. The van der Waals surface area contributed by atoms with Gasteiger partial charge in [0, 0.05) is 24.4 Å². The van der Waals surface area contributed by atoms with Gasteiger partial charge in [0.2, 0.25) is 0 Å². The molecule has 1 amide bonds. The zero-order valence-electron chi connectivity index (χ0n) is 19.4. The molecule has 0 saturated heterocycles. The number of ether oxygens (including phenoxy) is 2. The number of carbonyl (C=O) groups is 3. The van der Waals surface area contributed by atoms with Crippen molar-refractivity contribution in [3.05, 3.63) is 64.5 Å².